The summed E-state index contributed by atoms with van der Waals surface area (Å²) in [4.78, 5) is 11.9. The highest BCUT2D eigenvalue weighted by atomic mass is 79.9. The minimum atomic E-state index is -0.672. The van der Waals surface area contributed by atoms with Gasteiger partial charge in [-0.05, 0) is 46.8 Å². The van der Waals surface area contributed by atoms with Gasteiger partial charge in [-0.3, -0.25) is 4.79 Å². The van der Waals surface area contributed by atoms with Crippen LogP contribution in [0.3, 0.4) is 0 Å². The van der Waals surface area contributed by atoms with Gasteiger partial charge in [0.25, 0.3) is 0 Å². The molecule has 0 saturated heterocycles. The number of hydrogen-bond donors (Lipinski definition) is 1. The van der Waals surface area contributed by atoms with Crippen LogP contribution in [-0.4, -0.2) is 11.8 Å². The van der Waals surface area contributed by atoms with Crippen LogP contribution in [0, 0.1) is 11.7 Å². The smallest absolute Gasteiger partial charge is 0.167 e. The predicted molar refractivity (Wildman–Crippen MR) is 68.8 cm³/mol. The molecule has 0 aromatic heterocycles. The summed E-state index contributed by atoms with van der Waals surface area (Å²) in [6, 6.07) is 2.85. The molecular weight excluding hydrogens is 308 g/mol. The summed E-state index contributed by atoms with van der Waals surface area (Å²) >= 11 is 8.84. The van der Waals surface area contributed by atoms with Crippen molar-refractivity contribution in [3.05, 3.63) is 33.0 Å². The van der Waals surface area contributed by atoms with Crippen molar-refractivity contribution >= 4 is 33.3 Å². The van der Waals surface area contributed by atoms with Gasteiger partial charge in [-0.15, -0.1) is 0 Å². The number of rotatable bonds is 4. The van der Waals surface area contributed by atoms with Crippen LogP contribution in [0.4, 0.5) is 4.39 Å². The van der Waals surface area contributed by atoms with Gasteiger partial charge in [0.15, 0.2) is 11.6 Å². The molecule has 1 unspecified atom stereocenters. The van der Waals surface area contributed by atoms with Crippen LogP contribution in [0.15, 0.2) is 16.6 Å². The van der Waals surface area contributed by atoms with E-state index < -0.39 is 5.82 Å². The molecule has 0 radical (unpaired) electrons. The number of carbonyl (C=O) groups is 1. The summed E-state index contributed by atoms with van der Waals surface area (Å²) < 4.78 is 14.2. The van der Waals surface area contributed by atoms with E-state index in [4.69, 9.17) is 17.3 Å². The van der Waals surface area contributed by atoms with Crippen molar-refractivity contribution in [3.63, 3.8) is 0 Å². The minimum Gasteiger partial charge on any atom is -0.327 e. The second-order valence-electron chi connectivity index (χ2n) is 4.35. The van der Waals surface area contributed by atoms with Crippen molar-refractivity contribution in [2.75, 3.05) is 0 Å². The number of halogens is 3. The van der Waals surface area contributed by atoms with Crippen LogP contribution in [0.1, 0.15) is 29.6 Å². The molecule has 92 valence electrons. The van der Waals surface area contributed by atoms with E-state index in [1.165, 1.54) is 6.07 Å². The quantitative estimate of drug-likeness (QED) is 0.681. The second kappa shape index (κ2) is 5.04. The van der Waals surface area contributed by atoms with Gasteiger partial charge in [-0.1, -0.05) is 11.6 Å². The third-order valence-electron chi connectivity index (χ3n) is 2.98. The van der Waals surface area contributed by atoms with Gasteiger partial charge in [-0.2, -0.15) is 0 Å². The van der Waals surface area contributed by atoms with Crippen molar-refractivity contribution in [2.45, 2.75) is 25.3 Å². The molecule has 1 aliphatic rings. The molecule has 0 spiro atoms. The first-order valence-corrected chi connectivity index (χ1v) is 6.60. The molecule has 1 aromatic rings. The maximum atomic E-state index is 13.8. The molecule has 1 aliphatic carbocycles. The fraction of sp³-hybridized carbons (Fsp3) is 0.417. The zero-order valence-corrected chi connectivity index (χ0v) is 11.4. The lowest BCUT2D eigenvalue weighted by atomic mass is 10.0. The summed E-state index contributed by atoms with van der Waals surface area (Å²) in [6.07, 6.45) is 2.32. The first-order valence-electron chi connectivity index (χ1n) is 5.43. The number of ketones is 1. The maximum Gasteiger partial charge on any atom is 0.167 e. The lowest BCUT2D eigenvalue weighted by Crippen LogP contribution is -2.26. The number of hydrogen-bond acceptors (Lipinski definition) is 2. The Kier molecular flexibility index (Phi) is 3.85. The Bertz CT molecular complexity index is 462. The molecule has 1 saturated carbocycles. The molecule has 5 heteroatoms. The van der Waals surface area contributed by atoms with Crippen LogP contribution < -0.4 is 5.73 Å². The molecule has 1 aromatic carbocycles. The van der Waals surface area contributed by atoms with Crippen LogP contribution >= 0.6 is 27.5 Å². The van der Waals surface area contributed by atoms with E-state index in [9.17, 15) is 9.18 Å². The van der Waals surface area contributed by atoms with Crippen molar-refractivity contribution in [3.8, 4) is 0 Å². The standard InChI is InChI=1S/C12H12BrClFNO/c13-8-4-3-7(12(15)11(8)14)10(17)5-9(16)6-1-2-6/h3-4,6,9H,1-2,5,16H2. The number of nitrogens with two attached hydrogens (primary N) is 1. The average Bonchev–Trinajstić information content (AvgIpc) is 3.09. The Labute approximate surface area is 112 Å². The van der Waals surface area contributed by atoms with E-state index in [1.54, 1.807) is 6.07 Å². The van der Waals surface area contributed by atoms with E-state index in [2.05, 4.69) is 15.9 Å². The van der Waals surface area contributed by atoms with E-state index >= 15 is 0 Å². The van der Waals surface area contributed by atoms with Gasteiger partial charge in [0.2, 0.25) is 0 Å². The van der Waals surface area contributed by atoms with E-state index in [0.717, 1.165) is 12.8 Å². The molecule has 2 nitrogen and oxygen atoms in total. The highest BCUT2D eigenvalue weighted by Crippen LogP contribution is 2.34. The molecule has 17 heavy (non-hydrogen) atoms. The Morgan fingerprint density at radius 3 is 2.82 bits per heavy atom. The normalized spacial score (nSPS) is 16.9. The number of Topliss-reactive ketones (excluding diaryl/α,β-unsaturated/α-hetero) is 1. The monoisotopic (exact) mass is 319 g/mol. The third-order valence-corrected chi connectivity index (χ3v) is 4.24. The highest BCUT2D eigenvalue weighted by molar-refractivity contribution is 9.10. The van der Waals surface area contributed by atoms with Gasteiger partial charge >= 0.3 is 0 Å². The van der Waals surface area contributed by atoms with Crippen LogP contribution in [0.2, 0.25) is 5.02 Å². The maximum absolute atomic E-state index is 13.8. The Morgan fingerprint density at radius 2 is 2.24 bits per heavy atom. The summed E-state index contributed by atoms with van der Waals surface area (Å²) in [5, 5.41) is -0.0594. The molecular formula is C12H12BrClFNO. The Balaban J connectivity index is 2.16. The van der Waals surface area contributed by atoms with E-state index in [-0.39, 0.29) is 28.8 Å². The van der Waals surface area contributed by atoms with Crippen molar-refractivity contribution < 1.29 is 9.18 Å². The van der Waals surface area contributed by atoms with Crippen molar-refractivity contribution in [1.82, 2.24) is 0 Å². The van der Waals surface area contributed by atoms with Crippen LogP contribution in [0.25, 0.3) is 0 Å². The Hall–Kier alpha value is -0.450. The molecule has 0 heterocycles. The van der Waals surface area contributed by atoms with E-state index in [1.807, 2.05) is 0 Å². The highest BCUT2D eigenvalue weighted by Gasteiger charge is 2.30. The van der Waals surface area contributed by atoms with Crippen molar-refractivity contribution in [2.24, 2.45) is 11.7 Å². The van der Waals surface area contributed by atoms with Crippen molar-refractivity contribution in [1.29, 1.82) is 0 Å². The third kappa shape index (κ3) is 2.87. The van der Waals surface area contributed by atoms with Gasteiger partial charge in [0.1, 0.15) is 0 Å². The predicted octanol–water partition coefficient (Wildman–Crippen LogP) is 3.55. The fourth-order valence-electron chi connectivity index (χ4n) is 1.76. The molecule has 1 atom stereocenters. The largest absolute Gasteiger partial charge is 0.327 e. The lowest BCUT2D eigenvalue weighted by Gasteiger charge is -2.10. The minimum absolute atomic E-state index is 0.0225. The first kappa shape index (κ1) is 13.0. The zero-order chi connectivity index (χ0) is 12.6. The van der Waals surface area contributed by atoms with E-state index in [0.29, 0.717) is 10.4 Å². The van der Waals surface area contributed by atoms with Crippen LogP contribution in [0.5, 0.6) is 0 Å². The summed E-state index contributed by atoms with van der Waals surface area (Å²) in [6.45, 7) is 0. The lowest BCUT2D eigenvalue weighted by molar-refractivity contribution is 0.0967. The molecule has 2 N–H and O–H groups in total. The molecule has 2 rings (SSSR count). The molecule has 0 bridgehead atoms. The van der Waals surface area contributed by atoms with Gasteiger partial charge < -0.3 is 5.73 Å². The summed E-state index contributed by atoms with van der Waals surface area (Å²) in [7, 11) is 0. The summed E-state index contributed by atoms with van der Waals surface area (Å²) in [5.41, 5.74) is 5.87. The number of carbonyl (C=O) groups excluding carboxylic acids is 1. The second-order valence-corrected chi connectivity index (χ2v) is 5.58. The summed E-state index contributed by atoms with van der Waals surface area (Å²) in [5.74, 6) is -0.529. The van der Waals surface area contributed by atoms with Gasteiger partial charge in [0.05, 0.1) is 10.6 Å². The van der Waals surface area contributed by atoms with Crippen LogP contribution in [-0.2, 0) is 0 Å². The SMILES string of the molecule is NC(CC(=O)c1ccc(Br)c(Cl)c1F)C1CC1. The topological polar surface area (TPSA) is 43.1 Å². The van der Waals surface area contributed by atoms with Gasteiger partial charge in [0, 0.05) is 16.9 Å². The average molecular weight is 321 g/mol. The molecule has 0 aliphatic heterocycles. The fourth-order valence-corrected chi connectivity index (χ4v) is 2.23. The van der Waals surface area contributed by atoms with Gasteiger partial charge in [-0.25, -0.2) is 4.39 Å². The Morgan fingerprint density at radius 1 is 1.59 bits per heavy atom. The zero-order valence-electron chi connectivity index (χ0n) is 9.05. The molecule has 1 fully saturated rings. The first-order chi connectivity index (χ1) is 8.00. The molecule has 0 amide bonds. The number of benzene rings is 1.